The van der Waals surface area contributed by atoms with Crippen LogP contribution in [0.1, 0.15) is 36.4 Å². The Kier molecular flexibility index (Phi) is 4.26. The smallest absolute Gasteiger partial charge is 0.363 e. The summed E-state index contributed by atoms with van der Waals surface area (Å²) in [4.78, 5) is 2.62. The normalized spacial score (nSPS) is 15.9. The van der Waals surface area contributed by atoms with Crippen molar-refractivity contribution in [2.45, 2.75) is 36.3 Å². The van der Waals surface area contributed by atoms with Crippen molar-refractivity contribution in [3.8, 4) is 0 Å². The lowest BCUT2D eigenvalue weighted by atomic mass is 9.83. The number of alkyl halides is 3. The number of sulfonamides is 1. The Balaban J connectivity index is 1.88. The molecule has 0 unspecified atom stereocenters. The van der Waals surface area contributed by atoms with Gasteiger partial charge >= 0.3 is 6.18 Å². The standard InChI is InChI=1S/C15H13F5N2O2S/c16-11-6-14(12(17)5-10(11)15(18,19)20)22-25(23,24)9-4-13(21-7-9)8-2-1-3-8/h4-8,21-22H,1-3H2. The second-order valence-corrected chi connectivity index (χ2v) is 7.52. The van der Waals surface area contributed by atoms with Crippen LogP contribution in [0.4, 0.5) is 27.6 Å². The van der Waals surface area contributed by atoms with E-state index in [2.05, 4.69) is 4.98 Å². The average molecular weight is 380 g/mol. The molecule has 0 spiro atoms. The van der Waals surface area contributed by atoms with Gasteiger partial charge in [-0.3, -0.25) is 4.72 Å². The first-order valence-electron chi connectivity index (χ1n) is 7.35. The quantitative estimate of drug-likeness (QED) is 0.774. The summed E-state index contributed by atoms with van der Waals surface area (Å²) in [7, 11) is -4.27. The lowest BCUT2D eigenvalue weighted by molar-refractivity contribution is -0.140. The summed E-state index contributed by atoms with van der Waals surface area (Å²) in [6.45, 7) is 0. The number of aromatic nitrogens is 1. The predicted octanol–water partition coefficient (Wildman–Crippen LogP) is 4.38. The second-order valence-electron chi connectivity index (χ2n) is 5.83. The number of anilines is 1. The van der Waals surface area contributed by atoms with Crippen molar-refractivity contribution in [3.63, 3.8) is 0 Å². The maximum absolute atomic E-state index is 13.8. The third-order valence-electron chi connectivity index (χ3n) is 4.14. The van der Waals surface area contributed by atoms with Crippen molar-refractivity contribution in [2.75, 3.05) is 4.72 Å². The number of benzene rings is 1. The van der Waals surface area contributed by atoms with Crippen LogP contribution < -0.4 is 4.72 Å². The zero-order valence-electron chi connectivity index (χ0n) is 12.6. The van der Waals surface area contributed by atoms with Crippen molar-refractivity contribution in [3.05, 3.63) is 47.3 Å². The topological polar surface area (TPSA) is 62.0 Å². The fourth-order valence-corrected chi connectivity index (χ4v) is 3.61. The van der Waals surface area contributed by atoms with Crippen molar-refractivity contribution in [1.82, 2.24) is 4.98 Å². The van der Waals surface area contributed by atoms with Gasteiger partial charge in [-0.1, -0.05) is 6.42 Å². The predicted molar refractivity (Wildman–Crippen MR) is 79.6 cm³/mol. The lowest BCUT2D eigenvalue weighted by Gasteiger charge is -2.23. The van der Waals surface area contributed by atoms with E-state index in [1.807, 2.05) is 0 Å². The van der Waals surface area contributed by atoms with Gasteiger partial charge in [-0.05, 0) is 30.9 Å². The Hall–Kier alpha value is -2.10. The van der Waals surface area contributed by atoms with Gasteiger partial charge in [0.15, 0.2) is 0 Å². The summed E-state index contributed by atoms with van der Waals surface area (Å²) in [5.41, 5.74) is -1.98. The Morgan fingerprint density at radius 1 is 1.08 bits per heavy atom. The van der Waals surface area contributed by atoms with Gasteiger partial charge in [0, 0.05) is 18.0 Å². The van der Waals surface area contributed by atoms with Crippen LogP contribution in [0.5, 0.6) is 0 Å². The Labute approximate surface area is 140 Å². The SMILES string of the molecule is O=S(=O)(Nc1cc(F)c(C(F)(F)F)cc1F)c1c[nH]c(C2CCC2)c1. The molecule has 0 atom stereocenters. The number of rotatable bonds is 4. The van der Waals surface area contributed by atoms with E-state index in [0.717, 1.165) is 19.3 Å². The largest absolute Gasteiger partial charge is 0.419 e. The third-order valence-corrected chi connectivity index (χ3v) is 5.49. The molecule has 4 nitrogen and oxygen atoms in total. The van der Waals surface area contributed by atoms with Crippen molar-refractivity contribution < 1.29 is 30.4 Å². The van der Waals surface area contributed by atoms with Gasteiger partial charge in [-0.15, -0.1) is 0 Å². The number of aromatic amines is 1. The summed E-state index contributed by atoms with van der Waals surface area (Å²) >= 11 is 0. The molecule has 0 amide bonds. The van der Waals surface area contributed by atoms with Crippen LogP contribution >= 0.6 is 0 Å². The fraction of sp³-hybridized carbons (Fsp3) is 0.333. The highest BCUT2D eigenvalue weighted by Gasteiger charge is 2.35. The van der Waals surface area contributed by atoms with E-state index in [1.165, 1.54) is 12.3 Å². The van der Waals surface area contributed by atoms with Gasteiger partial charge in [0.25, 0.3) is 10.0 Å². The summed E-state index contributed by atoms with van der Waals surface area (Å²) in [5, 5.41) is 0. The van der Waals surface area contributed by atoms with Crippen LogP contribution in [0.2, 0.25) is 0 Å². The summed E-state index contributed by atoms with van der Waals surface area (Å²) < 4.78 is 91.2. The first kappa shape index (κ1) is 17.7. The average Bonchev–Trinajstić information content (AvgIpc) is 2.89. The van der Waals surface area contributed by atoms with Crippen LogP contribution in [0.15, 0.2) is 29.3 Å². The molecule has 2 aromatic rings. The molecule has 0 aliphatic heterocycles. The third kappa shape index (κ3) is 3.48. The number of hydrogen-bond donors (Lipinski definition) is 2. The molecule has 1 saturated carbocycles. The summed E-state index contributed by atoms with van der Waals surface area (Å²) in [5.74, 6) is -3.06. The molecule has 1 aromatic heterocycles. The van der Waals surface area contributed by atoms with Crippen LogP contribution in [-0.4, -0.2) is 13.4 Å². The molecule has 0 radical (unpaired) electrons. The van der Waals surface area contributed by atoms with Gasteiger partial charge in [-0.2, -0.15) is 13.2 Å². The molecule has 1 aliphatic rings. The van der Waals surface area contributed by atoms with Gasteiger partial charge in [0.2, 0.25) is 0 Å². The van der Waals surface area contributed by atoms with Crippen LogP contribution in [-0.2, 0) is 16.2 Å². The van der Waals surface area contributed by atoms with E-state index in [0.29, 0.717) is 5.69 Å². The molecule has 0 saturated heterocycles. The van der Waals surface area contributed by atoms with Gasteiger partial charge in [-0.25, -0.2) is 17.2 Å². The number of nitrogens with one attached hydrogen (secondary N) is 2. The van der Waals surface area contributed by atoms with E-state index in [4.69, 9.17) is 0 Å². The van der Waals surface area contributed by atoms with Gasteiger partial charge in [0.1, 0.15) is 16.5 Å². The molecular weight excluding hydrogens is 367 g/mol. The zero-order valence-corrected chi connectivity index (χ0v) is 13.4. The van der Waals surface area contributed by atoms with Crippen LogP contribution in [0.3, 0.4) is 0 Å². The van der Waals surface area contributed by atoms with E-state index in [1.54, 1.807) is 4.72 Å². The molecule has 10 heteroatoms. The van der Waals surface area contributed by atoms with E-state index < -0.39 is 39.1 Å². The number of halogens is 5. The molecule has 1 fully saturated rings. The molecule has 25 heavy (non-hydrogen) atoms. The molecule has 2 N–H and O–H groups in total. The molecule has 1 heterocycles. The zero-order chi connectivity index (χ0) is 18.4. The molecule has 3 rings (SSSR count). The first-order valence-corrected chi connectivity index (χ1v) is 8.83. The maximum atomic E-state index is 13.8. The molecular formula is C15H13F5N2O2S. The Morgan fingerprint density at radius 3 is 2.32 bits per heavy atom. The van der Waals surface area contributed by atoms with Crippen LogP contribution in [0.25, 0.3) is 0 Å². The summed E-state index contributed by atoms with van der Waals surface area (Å²) in [6, 6.07) is 1.48. The minimum atomic E-state index is -5.08. The number of hydrogen-bond acceptors (Lipinski definition) is 2. The minimum Gasteiger partial charge on any atom is -0.363 e. The lowest BCUT2D eigenvalue weighted by Crippen LogP contribution is -2.15. The van der Waals surface area contributed by atoms with E-state index in [9.17, 15) is 30.4 Å². The van der Waals surface area contributed by atoms with E-state index >= 15 is 0 Å². The van der Waals surface area contributed by atoms with Crippen LogP contribution in [0, 0.1) is 11.6 Å². The van der Waals surface area contributed by atoms with Gasteiger partial charge < -0.3 is 4.98 Å². The Morgan fingerprint density at radius 2 is 1.76 bits per heavy atom. The second kappa shape index (κ2) is 6.01. The monoisotopic (exact) mass is 380 g/mol. The highest BCUT2D eigenvalue weighted by molar-refractivity contribution is 7.92. The molecule has 136 valence electrons. The highest BCUT2D eigenvalue weighted by atomic mass is 32.2. The summed E-state index contributed by atoms with van der Waals surface area (Å²) in [6.07, 6.45) is -0.993. The maximum Gasteiger partial charge on any atom is 0.419 e. The van der Waals surface area contributed by atoms with Crippen molar-refractivity contribution in [2.24, 2.45) is 0 Å². The molecule has 1 aromatic carbocycles. The van der Waals surface area contributed by atoms with Gasteiger partial charge in [0.05, 0.1) is 11.3 Å². The Bertz CT molecular complexity index is 901. The van der Waals surface area contributed by atoms with Crippen molar-refractivity contribution >= 4 is 15.7 Å². The first-order chi connectivity index (χ1) is 11.6. The molecule has 1 aliphatic carbocycles. The fourth-order valence-electron chi connectivity index (χ4n) is 2.55. The molecule has 0 bridgehead atoms. The van der Waals surface area contributed by atoms with Crippen molar-refractivity contribution in [1.29, 1.82) is 0 Å². The van der Waals surface area contributed by atoms with E-state index in [-0.39, 0.29) is 22.9 Å². The minimum absolute atomic E-state index is 0.0793. The number of H-pyrrole nitrogens is 1. The highest BCUT2D eigenvalue weighted by Crippen LogP contribution is 2.37.